The van der Waals surface area contributed by atoms with Gasteiger partial charge in [-0.2, -0.15) is 0 Å². The van der Waals surface area contributed by atoms with E-state index in [1.54, 1.807) is 6.33 Å². The third kappa shape index (κ3) is 1.64. The number of nitrogens with zero attached hydrogens (tertiary/aromatic N) is 2. The van der Waals surface area contributed by atoms with Crippen molar-refractivity contribution in [3.63, 3.8) is 0 Å². The summed E-state index contributed by atoms with van der Waals surface area (Å²) in [5, 5.41) is 0. The van der Waals surface area contributed by atoms with Crippen molar-refractivity contribution in [2.75, 3.05) is 6.54 Å². The lowest BCUT2D eigenvalue weighted by Crippen LogP contribution is -2.37. The van der Waals surface area contributed by atoms with E-state index < -0.39 is 0 Å². The van der Waals surface area contributed by atoms with Crippen LogP contribution in [0.15, 0.2) is 18.6 Å². The zero-order valence-corrected chi connectivity index (χ0v) is 8.45. The molecule has 0 radical (unpaired) electrons. The molecule has 0 aliphatic heterocycles. The minimum absolute atomic E-state index is 0.140. The molecule has 0 unspecified atom stereocenters. The Morgan fingerprint density at radius 3 is 2.64 bits per heavy atom. The van der Waals surface area contributed by atoms with Crippen LogP contribution in [0.3, 0.4) is 0 Å². The molecule has 14 heavy (non-hydrogen) atoms. The molecule has 3 heteroatoms. The largest absolute Gasteiger partial charge is 0.330 e. The number of hydrogen-bond acceptors (Lipinski definition) is 3. The fourth-order valence-electron chi connectivity index (χ4n) is 2.40. The predicted molar refractivity (Wildman–Crippen MR) is 55.8 cm³/mol. The molecule has 0 amide bonds. The Labute approximate surface area is 84.8 Å². The van der Waals surface area contributed by atoms with E-state index in [0.29, 0.717) is 6.54 Å². The number of rotatable bonds is 2. The SMILES string of the molecule is NCC1(c2ccncn2)CCCCC1. The third-order valence-electron chi connectivity index (χ3n) is 3.33. The van der Waals surface area contributed by atoms with E-state index in [4.69, 9.17) is 5.73 Å². The Balaban J connectivity index is 2.27. The molecule has 1 saturated carbocycles. The Morgan fingerprint density at radius 2 is 2.07 bits per heavy atom. The molecule has 1 aliphatic carbocycles. The normalized spacial score (nSPS) is 20.6. The lowest BCUT2D eigenvalue weighted by Gasteiger charge is -2.35. The second-order valence-electron chi connectivity index (χ2n) is 4.14. The highest BCUT2D eigenvalue weighted by Gasteiger charge is 2.33. The average Bonchev–Trinajstić information content (AvgIpc) is 2.31. The predicted octanol–water partition coefficient (Wildman–Crippen LogP) is 1.64. The standard InChI is InChI=1S/C11H17N3/c12-8-11(5-2-1-3-6-11)10-4-7-13-9-14-10/h4,7,9H,1-3,5-6,8,12H2. The summed E-state index contributed by atoms with van der Waals surface area (Å²) >= 11 is 0. The Morgan fingerprint density at radius 1 is 1.29 bits per heavy atom. The smallest absolute Gasteiger partial charge is 0.115 e. The topological polar surface area (TPSA) is 51.8 Å². The molecule has 2 rings (SSSR count). The lowest BCUT2D eigenvalue weighted by atomic mass is 9.72. The molecule has 0 atom stereocenters. The maximum absolute atomic E-state index is 5.91. The fraction of sp³-hybridized carbons (Fsp3) is 0.636. The second kappa shape index (κ2) is 4.05. The number of nitrogens with two attached hydrogens (primary N) is 1. The van der Waals surface area contributed by atoms with Crippen molar-refractivity contribution < 1.29 is 0 Å². The van der Waals surface area contributed by atoms with E-state index in [2.05, 4.69) is 9.97 Å². The summed E-state index contributed by atoms with van der Waals surface area (Å²) in [4.78, 5) is 8.31. The van der Waals surface area contributed by atoms with Crippen molar-refractivity contribution in [2.24, 2.45) is 5.73 Å². The van der Waals surface area contributed by atoms with Crippen LogP contribution in [0.2, 0.25) is 0 Å². The van der Waals surface area contributed by atoms with Gasteiger partial charge in [0.2, 0.25) is 0 Å². The van der Waals surface area contributed by atoms with Gasteiger partial charge in [0.25, 0.3) is 0 Å². The van der Waals surface area contributed by atoms with Crippen LogP contribution in [0.5, 0.6) is 0 Å². The molecule has 0 aromatic carbocycles. The molecule has 1 aromatic rings. The van der Waals surface area contributed by atoms with Crippen LogP contribution in [0.4, 0.5) is 0 Å². The van der Waals surface area contributed by atoms with Crippen molar-refractivity contribution >= 4 is 0 Å². The summed E-state index contributed by atoms with van der Waals surface area (Å²) in [5.74, 6) is 0. The number of hydrogen-bond donors (Lipinski definition) is 1. The van der Waals surface area contributed by atoms with Crippen molar-refractivity contribution in [1.29, 1.82) is 0 Å². The molecule has 76 valence electrons. The highest BCUT2D eigenvalue weighted by molar-refractivity contribution is 5.16. The quantitative estimate of drug-likeness (QED) is 0.773. The Hall–Kier alpha value is -0.960. The van der Waals surface area contributed by atoms with Crippen LogP contribution >= 0.6 is 0 Å². The van der Waals surface area contributed by atoms with Gasteiger partial charge in [-0.1, -0.05) is 19.3 Å². The summed E-state index contributed by atoms with van der Waals surface area (Å²) in [6, 6.07) is 2.01. The average molecular weight is 191 g/mol. The Bertz CT molecular complexity index is 278. The van der Waals surface area contributed by atoms with E-state index in [1.807, 2.05) is 12.3 Å². The Kier molecular flexibility index (Phi) is 2.77. The molecular formula is C11H17N3. The van der Waals surface area contributed by atoms with Crippen LogP contribution in [-0.4, -0.2) is 16.5 Å². The van der Waals surface area contributed by atoms with Gasteiger partial charge in [-0.05, 0) is 18.9 Å². The van der Waals surface area contributed by atoms with E-state index in [-0.39, 0.29) is 5.41 Å². The summed E-state index contributed by atoms with van der Waals surface area (Å²) in [6.45, 7) is 0.712. The monoisotopic (exact) mass is 191 g/mol. The van der Waals surface area contributed by atoms with Gasteiger partial charge in [-0.25, -0.2) is 9.97 Å². The minimum Gasteiger partial charge on any atom is -0.330 e. The molecule has 0 bridgehead atoms. The van der Waals surface area contributed by atoms with Gasteiger partial charge >= 0.3 is 0 Å². The summed E-state index contributed by atoms with van der Waals surface area (Å²) < 4.78 is 0. The van der Waals surface area contributed by atoms with E-state index in [9.17, 15) is 0 Å². The molecule has 1 aliphatic rings. The summed E-state index contributed by atoms with van der Waals surface area (Å²) in [6.07, 6.45) is 9.70. The van der Waals surface area contributed by atoms with Gasteiger partial charge in [0.05, 0.1) is 5.69 Å². The van der Waals surface area contributed by atoms with Crippen molar-refractivity contribution in [1.82, 2.24) is 9.97 Å². The fourth-order valence-corrected chi connectivity index (χ4v) is 2.40. The van der Waals surface area contributed by atoms with Crippen LogP contribution in [0.1, 0.15) is 37.8 Å². The first-order chi connectivity index (χ1) is 6.87. The molecule has 0 saturated heterocycles. The minimum atomic E-state index is 0.140. The van der Waals surface area contributed by atoms with Gasteiger partial charge in [-0.15, -0.1) is 0 Å². The molecule has 0 spiro atoms. The van der Waals surface area contributed by atoms with Crippen molar-refractivity contribution in [3.8, 4) is 0 Å². The van der Waals surface area contributed by atoms with Crippen LogP contribution < -0.4 is 5.73 Å². The van der Waals surface area contributed by atoms with Gasteiger partial charge < -0.3 is 5.73 Å². The molecular weight excluding hydrogens is 174 g/mol. The van der Waals surface area contributed by atoms with Crippen molar-refractivity contribution in [2.45, 2.75) is 37.5 Å². The first-order valence-electron chi connectivity index (χ1n) is 5.34. The zero-order chi connectivity index (χ0) is 9.86. The maximum Gasteiger partial charge on any atom is 0.115 e. The highest BCUT2D eigenvalue weighted by atomic mass is 14.8. The van der Waals surface area contributed by atoms with Crippen molar-refractivity contribution in [3.05, 3.63) is 24.3 Å². The lowest BCUT2D eigenvalue weighted by molar-refractivity contribution is 0.293. The van der Waals surface area contributed by atoms with Crippen LogP contribution in [0, 0.1) is 0 Å². The first kappa shape index (κ1) is 9.59. The van der Waals surface area contributed by atoms with Gasteiger partial charge in [-0.3, -0.25) is 0 Å². The third-order valence-corrected chi connectivity index (χ3v) is 3.33. The van der Waals surface area contributed by atoms with Gasteiger partial charge in [0.1, 0.15) is 6.33 Å². The van der Waals surface area contributed by atoms with Crippen LogP contribution in [-0.2, 0) is 5.41 Å². The summed E-state index contributed by atoms with van der Waals surface area (Å²) in [5.41, 5.74) is 7.18. The molecule has 3 nitrogen and oxygen atoms in total. The first-order valence-corrected chi connectivity index (χ1v) is 5.34. The molecule has 2 N–H and O–H groups in total. The van der Waals surface area contributed by atoms with E-state index >= 15 is 0 Å². The van der Waals surface area contributed by atoms with Crippen LogP contribution in [0.25, 0.3) is 0 Å². The van der Waals surface area contributed by atoms with E-state index in [1.165, 1.54) is 32.1 Å². The summed E-state index contributed by atoms with van der Waals surface area (Å²) in [7, 11) is 0. The van der Waals surface area contributed by atoms with Gasteiger partial charge in [0.15, 0.2) is 0 Å². The maximum atomic E-state index is 5.91. The second-order valence-corrected chi connectivity index (χ2v) is 4.14. The van der Waals surface area contributed by atoms with E-state index in [0.717, 1.165) is 5.69 Å². The molecule has 1 heterocycles. The number of aromatic nitrogens is 2. The highest BCUT2D eigenvalue weighted by Crippen LogP contribution is 2.37. The van der Waals surface area contributed by atoms with Gasteiger partial charge in [0, 0.05) is 18.2 Å². The zero-order valence-electron chi connectivity index (χ0n) is 8.45. The molecule has 1 fully saturated rings. The molecule has 1 aromatic heterocycles.